The largest absolute Gasteiger partial charge is 0.460 e. The molecule has 1 unspecified atom stereocenters. The highest BCUT2D eigenvalue weighted by Crippen LogP contribution is 2.24. The lowest BCUT2D eigenvalue weighted by atomic mass is 9.86. The molecule has 0 aliphatic carbocycles. The van der Waals surface area contributed by atoms with Crippen LogP contribution in [-0.4, -0.2) is 11.9 Å². The minimum atomic E-state index is -1.26. The van der Waals surface area contributed by atoms with Crippen LogP contribution < -0.4 is 0 Å². The SMILES string of the molecule is CC(C)CC(C#N)C(C(=O)OCc1ccccc1)C(=O)OCc1ccccc1. The lowest BCUT2D eigenvalue weighted by Crippen LogP contribution is -2.34. The average Bonchev–Trinajstić information content (AvgIpc) is 2.71. The van der Waals surface area contributed by atoms with Crippen molar-refractivity contribution in [2.24, 2.45) is 17.8 Å². The van der Waals surface area contributed by atoms with Crippen molar-refractivity contribution in [3.63, 3.8) is 0 Å². The van der Waals surface area contributed by atoms with Gasteiger partial charge in [0, 0.05) is 0 Å². The zero-order chi connectivity index (χ0) is 20.4. The number of nitrogens with zero attached hydrogens (tertiary/aromatic N) is 1. The Morgan fingerprint density at radius 3 is 1.64 bits per heavy atom. The van der Waals surface area contributed by atoms with E-state index in [1.165, 1.54) is 0 Å². The molecule has 2 aromatic rings. The molecule has 0 heterocycles. The van der Waals surface area contributed by atoms with Crippen LogP contribution in [0.4, 0.5) is 0 Å². The maximum absolute atomic E-state index is 12.7. The molecule has 1 atom stereocenters. The third kappa shape index (κ3) is 6.55. The first-order valence-electron chi connectivity index (χ1n) is 9.32. The number of hydrogen-bond donors (Lipinski definition) is 0. The summed E-state index contributed by atoms with van der Waals surface area (Å²) in [6.07, 6.45) is 0.405. The fourth-order valence-electron chi connectivity index (χ4n) is 2.83. The summed E-state index contributed by atoms with van der Waals surface area (Å²) in [6.45, 7) is 3.96. The lowest BCUT2D eigenvalue weighted by molar-refractivity contribution is -0.165. The minimum Gasteiger partial charge on any atom is -0.460 e. The summed E-state index contributed by atoms with van der Waals surface area (Å²) in [6, 6.07) is 20.5. The maximum Gasteiger partial charge on any atom is 0.322 e. The molecule has 0 saturated carbocycles. The summed E-state index contributed by atoms with van der Waals surface area (Å²) in [5.41, 5.74) is 1.62. The highest BCUT2D eigenvalue weighted by molar-refractivity contribution is 5.95. The van der Waals surface area contributed by atoms with Crippen molar-refractivity contribution in [2.45, 2.75) is 33.5 Å². The summed E-state index contributed by atoms with van der Waals surface area (Å²) in [7, 11) is 0. The number of hydrogen-bond acceptors (Lipinski definition) is 5. The number of esters is 2. The molecule has 2 rings (SSSR count). The molecule has 146 valence electrons. The van der Waals surface area contributed by atoms with Gasteiger partial charge in [-0.15, -0.1) is 0 Å². The van der Waals surface area contributed by atoms with Crippen molar-refractivity contribution >= 4 is 11.9 Å². The van der Waals surface area contributed by atoms with E-state index in [2.05, 4.69) is 6.07 Å². The first kappa shape index (κ1) is 21.2. The number of carbonyl (C=O) groups is 2. The Hall–Kier alpha value is -3.13. The van der Waals surface area contributed by atoms with Crippen LogP contribution in [0.3, 0.4) is 0 Å². The molecule has 0 saturated heterocycles. The van der Waals surface area contributed by atoms with E-state index in [-0.39, 0.29) is 19.1 Å². The van der Waals surface area contributed by atoms with Gasteiger partial charge in [0.1, 0.15) is 13.2 Å². The Morgan fingerprint density at radius 1 is 0.857 bits per heavy atom. The predicted octanol–water partition coefficient (Wildman–Crippen LogP) is 4.28. The number of rotatable bonds is 9. The Balaban J connectivity index is 2.09. The standard InChI is InChI=1S/C23H25NO4/c1-17(2)13-20(14-24)21(22(25)27-15-18-9-5-3-6-10-18)23(26)28-16-19-11-7-4-8-12-19/h3-12,17,20-21H,13,15-16H2,1-2H3. The molecular formula is C23H25NO4. The van der Waals surface area contributed by atoms with Gasteiger partial charge in [0.15, 0.2) is 5.92 Å². The van der Waals surface area contributed by atoms with Crippen molar-refractivity contribution in [3.05, 3.63) is 71.8 Å². The molecule has 0 aliphatic heterocycles. The van der Waals surface area contributed by atoms with Gasteiger partial charge in [-0.1, -0.05) is 74.5 Å². The number of ether oxygens (including phenoxy) is 2. The highest BCUT2D eigenvalue weighted by atomic mass is 16.6. The van der Waals surface area contributed by atoms with E-state index in [1.54, 1.807) is 0 Å². The molecule has 0 amide bonds. The van der Waals surface area contributed by atoms with Crippen LogP contribution >= 0.6 is 0 Å². The third-order valence-electron chi connectivity index (χ3n) is 4.25. The van der Waals surface area contributed by atoms with Crippen molar-refractivity contribution in [2.75, 3.05) is 0 Å². The topological polar surface area (TPSA) is 76.4 Å². The average molecular weight is 379 g/mol. The van der Waals surface area contributed by atoms with Gasteiger partial charge < -0.3 is 9.47 Å². The predicted molar refractivity (Wildman–Crippen MR) is 105 cm³/mol. The molecule has 0 fully saturated rings. The molecule has 0 radical (unpaired) electrons. The monoisotopic (exact) mass is 379 g/mol. The van der Waals surface area contributed by atoms with Crippen molar-refractivity contribution in [1.29, 1.82) is 5.26 Å². The fourth-order valence-corrected chi connectivity index (χ4v) is 2.83. The zero-order valence-corrected chi connectivity index (χ0v) is 16.2. The highest BCUT2D eigenvalue weighted by Gasteiger charge is 2.38. The first-order valence-corrected chi connectivity index (χ1v) is 9.32. The lowest BCUT2D eigenvalue weighted by Gasteiger charge is -2.21. The quantitative estimate of drug-likeness (QED) is 0.480. The smallest absolute Gasteiger partial charge is 0.322 e. The van der Waals surface area contributed by atoms with Crippen molar-refractivity contribution in [1.82, 2.24) is 0 Å². The summed E-state index contributed by atoms with van der Waals surface area (Å²) >= 11 is 0. The second-order valence-corrected chi connectivity index (χ2v) is 7.03. The van der Waals surface area contributed by atoms with Gasteiger partial charge in [-0.05, 0) is 23.5 Å². The van der Waals surface area contributed by atoms with Crippen LogP contribution in [0.1, 0.15) is 31.4 Å². The molecule has 5 heteroatoms. The van der Waals surface area contributed by atoms with Crippen molar-refractivity contribution < 1.29 is 19.1 Å². The molecule has 2 aromatic carbocycles. The van der Waals surface area contributed by atoms with E-state index in [0.717, 1.165) is 11.1 Å². The van der Waals surface area contributed by atoms with Crippen LogP contribution in [0, 0.1) is 29.1 Å². The summed E-state index contributed by atoms with van der Waals surface area (Å²) in [4.78, 5) is 25.4. The zero-order valence-electron chi connectivity index (χ0n) is 16.2. The first-order chi connectivity index (χ1) is 13.5. The number of nitriles is 1. The summed E-state index contributed by atoms with van der Waals surface area (Å²) in [5, 5.41) is 9.55. The molecule has 28 heavy (non-hydrogen) atoms. The van der Waals surface area contributed by atoms with Gasteiger partial charge in [0.25, 0.3) is 0 Å². The minimum absolute atomic E-state index is 0.0436. The molecule has 0 aliphatic rings. The third-order valence-corrected chi connectivity index (χ3v) is 4.25. The van der Waals surface area contributed by atoms with Crippen LogP contribution in [-0.2, 0) is 32.3 Å². The fraction of sp³-hybridized carbons (Fsp3) is 0.348. The van der Waals surface area contributed by atoms with Crippen molar-refractivity contribution in [3.8, 4) is 6.07 Å². The van der Waals surface area contributed by atoms with Gasteiger partial charge in [0.05, 0.1) is 12.0 Å². The number of carbonyl (C=O) groups excluding carboxylic acids is 2. The second-order valence-electron chi connectivity index (χ2n) is 7.03. The van der Waals surface area contributed by atoms with Gasteiger partial charge >= 0.3 is 11.9 Å². The molecule has 5 nitrogen and oxygen atoms in total. The summed E-state index contributed by atoms with van der Waals surface area (Å²) < 4.78 is 10.7. The Kier molecular flexibility index (Phi) is 8.23. The van der Waals surface area contributed by atoms with Crippen LogP contribution in [0.25, 0.3) is 0 Å². The van der Waals surface area contributed by atoms with Gasteiger partial charge in [-0.2, -0.15) is 5.26 Å². The molecule has 0 N–H and O–H groups in total. The van der Waals surface area contributed by atoms with E-state index in [0.29, 0.717) is 6.42 Å². The second kappa shape index (κ2) is 10.9. The van der Waals surface area contributed by atoms with Gasteiger partial charge in [0.2, 0.25) is 0 Å². The van der Waals surface area contributed by atoms with Crippen LogP contribution in [0.5, 0.6) is 0 Å². The van der Waals surface area contributed by atoms with E-state index in [9.17, 15) is 14.9 Å². The van der Waals surface area contributed by atoms with E-state index < -0.39 is 23.8 Å². The molecular weight excluding hydrogens is 354 g/mol. The van der Waals surface area contributed by atoms with Crippen LogP contribution in [0.15, 0.2) is 60.7 Å². The Bertz CT molecular complexity index is 741. The number of benzene rings is 2. The summed E-state index contributed by atoms with van der Waals surface area (Å²) in [5.74, 6) is -3.37. The van der Waals surface area contributed by atoms with E-state index in [4.69, 9.17) is 9.47 Å². The molecule has 0 bridgehead atoms. The normalized spacial score (nSPS) is 11.7. The van der Waals surface area contributed by atoms with Gasteiger partial charge in [-0.25, -0.2) is 0 Å². The molecule has 0 spiro atoms. The van der Waals surface area contributed by atoms with Crippen LogP contribution in [0.2, 0.25) is 0 Å². The van der Waals surface area contributed by atoms with E-state index in [1.807, 2.05) is 74.5 Å². The maximum atomic E-state index is 12.7. The molecule has 0 aromatic heterocycles. The Morgan fingerprint density at radius 2 is 1.29 bits per heavy atom. The van der Waals surface area contributed by atoms with E-state index >= 15 is 0 Å². The van der Waals surface area contributed by atoms with Gasteiger partial charge in [-0.3, -0.25) is 9.59 Å². The Labute approximate surface area is 165 Å².